The van der Waals surface area contributed by atoms with Crippen LogP contribution in [0, 0.1) is 20.8 Å². The number of carbonyl (C=O) groups is 1. The SMILES string of the molecule is Cc1ccc(CN(C)C(=O)Cc2coc3c(C)c(C)ccc23)cc1. The molecule has 2 aromatic carbocycles. The normalized spacial score (nSPS) is 11.0. The van der Waals surface area contributed by atoms with Gasteiger partial charge in [0.15, 0.2) is 0 Å². The molecular formula is C21H23NO2. The molecule has 0 spiro atoms. The first kappa shape index (κ1) is 16.3. The largest absolute Gasteiger partial charge is 0.464 e. The van der Waals surface area contributed by atoms with E-state index in [-0.39, 0.29) is 5.91 Å². The number of likely N-dealkylation sites (N-methyl/N-ethyl adjacent to an activating group) is 1. The van der Waals surface area contributed by atoms with Crippen molar-refractivity contribution in [3.8, 4) is 0 Å². The van der Waals surface area contributed by atoms with Gasteiger partial charge >= 0.3 is 0 Å². The first-order valence-electron chi connectivity index (χ1n) is 8.21. The van der Waals surface area contributed by atoms with Crippen LogP contribution in [0.1, 0.15) is 27.8 Å². The van der Waals surface area contributed by atoms with Gasteiger partial charge in [0.25, 0.3) is 0 Å². The summed E-state index contributed by atoms with van der Waals surface area (Å²) >= 11 is 0. The number of nitrogens with zero attached hydrogens (tertiary/aromatic N) is 1. The van der Waals surface area contributed by atoms with E-state index in [0.717, 1.165) is 27.7 Å². The van der Waals surface area contributed by atoms with Gasteiger partial charge in [-0.05, 0) is 37.5 Å². The predicted molar refractivity (Wildman–Crippen MR) is 97.0 cm³/mol. The predicted octanol–water partition coefficient (Wildman–Crippen LogP) is 4.56. The van der Waals surface area contributed by atoms with Crippen molar-refractivity contribution in [1.29, 1.82) is 0 Å². The molecule has 0 aliphatic rings. The number of rotatable bonds is 4. The van der Waals surface area contributed by atoms with Gasteiger partial charge in [-0.3, -0.25) is 4.79 Å². The lowest BCUT2D eigenvalue weighted by Gasteiger charge is -2.17. The Bertz CT molecular complexity index is 875. The van der Waals surface area contributed by atoms with Crippen molar-refractivity contribution in [2.75, 3.05) is 7.05 Å². The van der Waals surface area contributed by atoms with Crippen molar-refractivity contribution in [3.05, 3.63) is 70.5 Å². The van der Waals surface area contributed by atoms with Crippen molar-refractivity contribution in [2.45, 2.75) is 33.7 Å². The third-order valence-corrected chi connectivity index (χ3v) is 4.65. The van der Waals surface area contributed by atoms with Crippen LogP contribution in [-0.2, 0) is 17.8 Å². The van der Waals surface area contributed by atoms with Crippen LogP contribution in [0.25, 0.3) is 11.0 Å². The summed E-state index contributed by atoms with van der Waals surface area (Å²) in [6.45, 7) is 6.80. The average molecular weight is 321 g/mol. The smallest absolute Gasteiger partial charge is 0.227 e. The van der Waals surface area contributed by atoms with E-state index in [0.29, 0.717) is 13.0 Å². The summed E-state index contributed by atoms with van der Waals surface area (Å²) < 4.78 is 5.70. The molecule has 3 aromatic rings. The van der Waals surface area contributed by atoms with E-state index in [1.807, 2.05) is 13.1 Å². The van der Waals surface area contributed by atoms with Gasteiger partial charge in [0, 0.05) is 24.5 Å². The molecule has 0 aliphatic heterocycles. The van der Waals surface area contributed by atoms with Crippen molar-refractivity contribution < 1.29 is 9.21 Å². The van der Waals surface area contributed by atoms with Gasteiger partial charge in [0.05, 0.1) is 12.7 Å². The van der Waals surface area contributed by atoms with E-state index in [4.69, 9.17) is 4.42 Å². The molecule has 3 rings (SSSR count). The van der Waals surface area contributed by atoms with Crippen LogP contribution in [0.2, 0.25) is 0 Å². The molecule has 24 heavy (non-hydrogen) atoms. The second-order valence-electron chi connectivity index (χ2n) is 6.56. The van der Waals surface area contributed by atoms with Gasteiger partial charge in [-0.15, -0.1) is 0 Å². The van der Waals surface area contributed by atoms with E-state index in [1.165, 1.54) is 11.1 Å². The Labute approximate surface area is 142 Å². The molecule has 1 aromatic heterocycles. The number of benzene rings is 2. The van der Waals surface area contributed by atoms with Crippen LogP contribution in [0.5, 0.6) is 0 Å². The number of amides is 1. The number of furan rings is 1. The maximum absolute atomic E-state index is 12.6. The van der Waals surface area contributed by atoms with Crippen LogP contribution in [0.15, 0.2) is 47.1 Å². The third-order valence-electron chi connectivity index (χ3n) is 4.65. The Balaban J connectivity index is 1.74. The number of fused-ring (bicyclic) bond motifs is 1. The van der Waals surface area contributed by atoms with Crippen LogP contribution in [0.4, 0.5) is 0 Å². The van der Waals surface area contributed by atoms with Crippen LogP contribution in [-0.4, -0.2) is 17.9 Å². The molecule has 0 radical (unpaired) electrons. The lowest BCUT2D eigenvalue weighted by molar-refractivity contribution is -0.129. The molecule has 0 aliphatic carbocycles. The molecule has 0 saturated carbocycles. The molecule has 0 atom stereocenters. The number of carbonyl (C=O) groups excluding carboxylic acids is 1. The van der Waals surface area contributed by atoms with Gasteiger partial charge in [-0.25, -0.2) is 0 Å². The van der Waals surface area contributed by atoms with Gasteiger partial charge in [-0.2, -0.15) is 0 Å². The van der Waals surface area contributed by atoms with E-state index >= 15 is 0 Å². The Morgan fingerprint density at radius 1 is 1.04 bits per heavy atom. The fourth-order valence-corrected chi connectivity index (χ4v) is 2.88. The van der Waals surface area contributed by atoms with Crippen LogP contribution >= 0.6 is 0 Å². The monoisotopic (exact) mass is 321 g/mol. The lowest BCUT2D eigenvalue weighted by atomic mass is 10.0. The second kappa shape index (κ2) is 6.52. The molecule has 0 fully saturated rings. The maximum atomic E-state index is 12.6. The molecule has 124 valence electrons. The summed E-state index contributed by atoms with van der Waals surface area (Å²) in [6, 6.07) is 12.4. The zero-order valence-corrected chi connectivity index (χ0v) is 14.7. The third kappa shape index (κ3) is 3.21. The highest BCUT2D eigenvalue weighted by atomic mass is 16.3. The summed E-state index contributed by atoms with van der Waals surface area (Å²) in [5, 5.41) is 1.04. The second-order valence-corrected chi connectivity index (χ2v) is 6.56. The summed E-state index contributed by atoms with van der Waals surface area (Å²) in [7, 11) is 1.85. The summed E-state index contributed by atoms with van der Waals surface area (Å²) in [6.07, 6.45) is 2.08. The molecule has 1 heterocycles. The van der Waals surface area contributed by atoms with Crippen LogP contribution in [0.3, 0.4) is 0 Å². The average Bonchev–Trinajstić information content (AvgIpc) is 2.96. The number of aryl methyl sites for hydroxylation is 3. The first-order chi connectivity index (χ1) is 11.5. The van der Waals surface area contributed by atoms with Gasteiger partial charge < -0.3 is 9.32 Å². The van der Waals surface area contributed by atoms with Crippen LogP contribution < -0.4 is 0 Å². The maximum Gasteiger partial charge on any atom is 0.227 e. The van der Waals surface area contributed by atoms with Gasteiger partial charge in [0.1, 0.15) is 5.58 Å². The topological polar surface area (TPSA) is 33.5 Å². The highest BCUT2D eigenvalue weighted by Gasteiger charge is 2.15. The Hall–Kier alpha value is -2.55. The van der Waals surface area contributed by atoms with Gasteiger partial charge in [-0.1, -0.05) is 42.0 Å². The Kier molecular flexibility index (Phi) is 4.43. The van der Waals surface area contributed by atoms with Crippen molar-refractivity contribution >= 4 is 16.9 Å². The summed E-state index contributed by atoms with van der Waals surface area (Å²) in [5.41, 5.74) is 6.54. The summed E-state index contributed by atoms with van der Waals surface area (Å²) in [5.74, 6) is 0.0940. The zero-order chi connectivity index (χ0) is 17.3. The molecule has 1 amide bonds. The van der Waals surface area contributed by atoms with E-state index < -0.39 is 0 Å². The molecule has 3 nitrogen and oxygen atoms in total. The fraction of sp³-hybridized carbons (Fsp3) is 0.286. The minimum atomic E-state index is 0.0940. The molecular weight excluding hydrogens is 298 g/mol. The molecule has 0 bridgehead atoms. The summed E-state index contributed by atoms with van der Waals surface area (Å²) in [4.78, 5) is 14.3. The molecule has 3 heteroatoms. The van der Waals surface area contributed by atoms with Crippen molar-refractivity contribution in [1.82, 2.24) is 4.90 Å². The Morgan fingerprint density at radius 2 is 1.75 bits per heavy atom. The molecule has 0 saturated heterocycles. The molecule has 0 N–H and O–H groups in total. The highest BCUT2D eigenvalue weighted by molar-refractivity contribution is 5.89. The van der Waals surface area contributed by atoms with Gasteiger partial charge in [0.2, 0.25) is 5.91 Å². The number of hydrogen-bond donors (Lipinski definition) is 0. The van der Waals surface area contributed by atoms with E-state index in [2.05, 4.69) is 51.1 Å². The number of hydrogen-bond acceptors (Lipinski definition) is 2. The first-order valence-corrected chi connectivity index (χ1v) is 8.21. The fourth-order valence-electron chi connectivity index (χ4n) is 2.88. The van der Waals surface area contributed by atoms with E-state index in [9.17, 15) is 4.79 Å². The minimum Gasteiger partial charge on any atom is -0.464 e. The minimum absolute atomic E-state index is 0.0940. The Morgan fingerprint density at radius 3 is 2.46 bits per heavy atom. The lowest BCUT2D eigenvalue weighted by Crippen LogP contribution is -2.27. The zero-order valence-electron chi connectivity index (χ0n) is 14.7. The van der Waals surface area contributed by atoms with Crippen molar-refractivity contribution in [3.63, 3.8) is 0 Å². The quantitative estimate of drug-likeness (QED) is 0.706. The highest BCUT2D eigenvalue weighted by Crippen LogP contribution is 2.27. The van der Waals surface area contributed by atoms with Crippen molar-refractivity contribution in [2.24, 2.45) is 0 Å². The standard InChI is InChI=1S/C21H23NO2/c1-14-5-8-17(9-6-14)12-22(4)20(23)11-18-13-24-21-16(3)15(2)7-10-19(18)21/h5-10,13H,11-12H2,1-4H3. The molecule has 0 unspecified atom stereocenters. The van der Waals surface area contributed by atoms with E-state index in [1.54, 1.807) is 11.2 Å².